The normalized spacial score (nSPS) is 10.2. The molecule has 0 heterocycles. The highest BCUT2D eigenvalue weighted by atomic mass is 79.9. The maximum absolute atomic E-state index is 5.39. The maximum atomic E-state index is 5.39. The molecule has 0 unspecified atom stereocenters. The van der Waals surface area contributed by atoms with Gasteiger partial charge in [0.1, 0.15) is 11.5 Å². The van der Waals surface area contributed by atoms with Gasteiger partial charge in [-0.1, -0.05) is 15.9 Å². The van der Waals surface area contributed by atoms with Crippen molar-refractivity contribution in [2.24, 2.45) is 0 Å². The summed E-state index contributed by atoms with van der Waals surface area (Å²) in [7, 11) is 3.31. The second-order valence-corrected chi connectivity index (χ2v) is 5.93. The molecule has 2 aromatic rings. The summed E-state index contributed by atoms with van der Waals surface area (Å²) in [4.78, 5) is 0. The van der Waals surface area contributed by atoms with Crippen LogP contribution in [-0.4, -0.2) is 14.2 Å². The maximum Gasteiger partial charge on any atom is 0.127 e. The van der Waals surface area contributed by atoms with Gasteiger partial charge in [-0.05, 0) is 46.3 Å². The number of hydrogen-bond donors (Lipinski definition) is 1. The van der Waals surface area contributed by atoms with E-state index >= 15 is 0 Å². The molecule has 0 amide bonds. The zero-order valence-corrected chi connectivity index (χ0v) is 14.4. The van der Waals surface area contributed by atoms with Gasteiger partial charge in [-0.2, -0.15) is 0 Å². The third kappa shape index (κ3) is 3.67. The molecule has 2 rings (SSSR count). The molecule has 0 atom stereocenters. The first-order valence-corrected chi connectivity index (χ1v) is 7.62. The summed E-state index contributed by atoms with van der Waals surface area (Å²) in [5.41, 5.74) is 2.11. The molecule has 0 spiro atoms. The van der Waals surface area contributed by atoms with Crippen LogP contribution < -0.4 is 14.8 Å². The van der Waals surface area contributed by atoms with Gasteiger partial charge in [-0.15, -0.1) is 0 Å². The molecule has 106 valence electrons. The van der Waals surface area contributed by atoms with Crippen LogP contribution in [0, 0.1) is 0 Å². The van der Waals surface area contributed by atoms with E-state index in [1.54, 1.807) is 14.2 Å². The van der Waals surface area contributed by atoms with Gasteiger partial charge in [0, 0.05) is 32.8 Å². The highest BCUT2D eigenvalue weighted by Gasteiger charge is 2.06. The van der Waals surface area contributed by atoms with Crippen molar-refractivity contribution in [1.82, 2.24) is 0 Å². The van der Waals surface area contributed by atoms with E-state index in [9.17, 15) is 0 Å². The molecule has 20 heavy (non-hydrogen) atoms. The van der Waals surface area contributed by atoms with Crippen molar-refractivity contribution in [2.45, 2.75) is 6.54 Å². The SMILES string of the molecule is COc1ccc(CNc2ccc(Br)cc2Br)c(OC)c1. The van der Waals surface area contributed by atoms with Crippen LogP contribution >= 0.6 is 31.9 Å². The lowest BCUT2D eigenvalue weighted by atomic mass is 10.2. The van der Waals surface area contributed by atoms with Crippen LogP contribution in [0.5, 0.6) is 11.5 Å². The number of rotatable bonds is 5. The van der Waals surface area contributed by atoms with Crippen molar-refractivity contribution < 1.29 is 9.47 Å². The molecule has 0 aliphatic rings. The number of ether oxygens (including phenoxy) is 2. The first kappa shape index (κ1) is 15.2. The van der Waals surface area contributed by atoms with Gasteiger partial charge >= 0.3 is 0 Å². The molecule has 0 aliphatic carbocycles. The Hall–Kier alpha value is -1.20. The zero-order valence-electron chi connectivity index (χ0n) is 11.2. The van der Waals surface area contributed by atoms with Gasteiger partial charge in [0.2, 0.25) is 0 Å². The number of methoxy groups -OCH3 is 2. The van der Waals surface area contributed by atoms with Crippen LogP contribution in [0.2, 0.25) is 0 Å². The smallest absolute Gasteiger partial charge is 0.127 e. The number of nitrogens with one attached hydrogen (secondary N) is 1. The van der Waals surface area contributed by atoms with Gasteiger partial charge in [0.25, 0.3) is 0 Å². The molecule has 0 fully saturated rings. The fourth-order valence-corrected chi connectivity index (χ4v) is 3.01. The Labute approximate surface area is 135 Å². The van der Waals surface area contributed by atoms with Gasteiger partial charge < -0.3 is 14.8 Å². The highest BCUT2D eigenvalue weighted by Crippen LogP contribution is 2.29. The molecule has 3 nitrogen and oxygen atoms in total. The molecule has 1 N–H and O–H groups in total. The van der Waals surface area contributed by atoms with E-state index in [-0.39, 0.29) is 0 Å². The van der Waals surface area contributed by atoms with Crippen LogP contribution in [0.3, 0.4) is 0 Å². The zero-order chi connectivity index (χ0) is 14.5. The Morgan fingerprint density at radius 2 is 1.80 bits per heavy atom. The van der Waals surface area contributed by atoms with Gasteiger partial charge in [0.05, 0.1) is 14.2 Å². The fraction of sp³-hybridized carbons (Fsp3) is 0.200. The number of anilines is 1. The molecule has 0 aromatic heterocycles. The van der Waals surface area contributed by atoms with Crippen molar-refractivity contribution in [3.8, 4) is 11.5 Å². The third-order valence-electron chi connectivity index (χ3n) is 2.89. The lowest BCUT2D eigenvalue weighted by Crippen LogP contribution is -2.02. The molecule has 5 heteroatoms. The van der Waals surface area contributed by atoms with Gasteiger partial charge in [0.15, 0.2) is 0 Å². The Balaban J connectivity index is 2.14. The number of halogens is 2. The third-order valence-corrected chi connectivity index (χ3v) is 4.04. The number of benzene rings is 2. The van der Waals surface area contributed by atoms with E-state index in [2.05, 4.69) is 37.2 Å². The van der Waals surface area contributed by atoms with Crippen molar-refractivity contribution >= 4 is 37.5 Å². The Morgan fingerprint density at radius 3 is 2.45 bits per heavy atom. The fourth-order valence-electron chi connectivity index (χ4n) is 1.82. The molecule has 2 aromatic carbocycles. The van der Waals surface area contributed by atoms with Crippen LogP contribution in [0.4, 0.5) is 5.69 Å². The van der Waals surface area contributed by atoms with E-state index in [0.717, 1.165) is 31.7 Å². The predicted octanol–water partition coefficient (Wildman–Crippen LogP) is 4.84. The lowest BCUT2D eigenvalue weighted by molar-refractivity contribution is 0.391. The van der Waals surface area contributed by atoms with Crippen molar-refractivity contribution in [2.75, 3.05) is 19.5 Å². The first-order valence-electron chi connectivity index (χ1n) is 6.04. The minimum absolute atomic E-state index is 0.674. The summed E-state index contributed by atoms with van der Waals surface area (Å²) in [5, 5.41) is 3.38. The first-order chi connectivity index (χ1) is 9.63. The molecule has 0 saturated heterocycles. The average molecular weight is 401 g/mol. The van der Waals surface area contributed by atoms with E-state index in [1.165, 1.54) is 0 Å². The largest absolute Gasteiger partial charge is 0.497 e. The van der Waals surface area contributed by atoms with Crippen LogP contribution in [0.1, 0.15) is 5.56 Å². The van der Waals surface area contributed by atoms with Crippen molar-refractivity contribution in [3.63, 3.8) is 0 Å². The van der Waals surface area contributed by atoms with E-state index in [4.69, 9.17) is 9.47 Å². The highest BCUT2D eigenvalue weighted by molar-refractivity contribution is 9.11. The standard InChI is InChI=1S/C15H15Br2NO2/c1-19-12-5-3-10(15(8-12)20-2)9-18-14-6-4-11(16)7-13(14)17/h3-8,18H,9H2,1-2H3. The molecule has 0 bridgehead atoms. The van der Waals surface area contributed by atoms with Gasteiger partial charge in [-0.3, -0.25) is 0 Å². The summed E-state index contributed by atoms with van der Waals surface area (Å²) in [6.45, 7) is 0.674. The minimum Gasteiger partial charge on any atom is -0.497 e. The van der Waals surface area contributed by atoms with Crippen LogP contribution in [0.25, 0.3) is 0 Å². The van der Waals surface area contributed by atoms with Crippen LogP contribution in [-0.2, 0) is 6.54 Å². The van der Waals surface area contributed by atoms with E-state index in [1.807, 2.05) is 36.4 Å². The van der Waals surface area contributed by atoms with Crippen LogP contribution in [0.15, 0.2) is 45.3 Å². The summed E-state index contributed by atoms with van der Waals surface area (Å²) < 4.78 is 12.6. The second kappa shape index (κ2) is 6.99. The van der Waals surface area contributed by atoms with Crippen molar-refractivity contribution in [1.29, 1.82) is 0 Å². The van der Waals surface area contributed by atoms with E-state index < -0.39 is 0 Å². The molecular weight excluding hydrogens is 386 g/mol. The molecule has 0 aliphatic heterocycles. The Bertz CT molecular complexity index is 602. The predicted molar refractivity (Wildman–Crippen MR) is 88.7 cm³/mol. The van der Waals surface area contributed by atoms with Gasteiger partial charge in [-0.25, -0.2) is 0 Å². The molecular formula is C15H15Br2NO2. The van der Waals surface area contributed by atoms with Crippen molar-refractivity contribution in [3.05, 3.63) is 50.9 Å². The quantitative estimate of drug-likeness (QED) is 0.778. The summed E-state index contributed by atoms with van der Waals surface area (Å²) in [6, 6.07) is 11.8. The summed E-state index contributed by atoms with van der Waals surface area (Å²) >= 11 is 6.97. The molecule has 0 radical (unpaired) electrons. The summed E-state index contributed by atoms with van der Waals surface area (Å²) in [6.07, 6.45) is 0. The van der Waals surface area contributed by atoms with E-state index in [0.29, 0.717) is 6.54 Å². The lowest BCUT2D eigenvalue weighted by Gasteiger charge is -2.13. The Kier molecular flexibility index (Phi) is 5.31. The summed E-state index contributed by atoms with van der Waals surface area (Å²) in [5.74, 6) is 1.60. The average Bonchev–Trinajstić information content (AvgIpc) is 2.46. The topological polar surface area (TPSA) is 30.5 Å². The Morgan fingerprint density at radius 1 is 1.00 bits per heavy atom. The monoisotopic (exact) mass is 399 g/mol. The second-order valence-electron chi connectivity index (χ2n) is 4.16. The molecule has 0 saturated carbocycles. The number of hydrogen-bond acceptors (Lipinski definition) is 3. The minimum atomic E-state index is 0.674.